The number of aryl methyl sites for hydroxylation is 1. The molecule has 5 heteroatoms. The van der Waals surface area contributed by atoms with Crippen LogP contribution in [0.25, 0.3) is 5.69 Å². The summed E-state index contributed by atoms with van der Waals surface area (Å²) in [6, 6.07) is 6.89. The zero-order valence-electron chi connectivity index (χ0n) is 9.57. The largest absolute Gasteiger partial charge is 0.387 e. The minimum absolute atomic E-state index is 0.197. The molecule has 1 N–H and O–H groups in total. The molecule has 0 aliphatic heterocycles. The van der Waals surface area contributed by atoms with E-state index in [1.54, 1.807) is 19.3 Å². The standard InChI is InChI=1S/C12H12ClN3O/c1-8-3-4-10(6-11(8)13)16-12(17)5-9(14-2)7-15-16/h3-7,14H,1-2H3. The summed E-state index contributed by atoms with van der Waals surface area (Å²) in [6.45, 7) is 1.91. The summed E-state index contributed by atoms with van der Waals surface area (Å²) >= 11 is 6.02. The Bertz CT molecular complexity index is 607. The molecule has 0 fully saturated rings. The van der Waals surface area contributed by atoms with Crippen molar-refractivity contribution in [1.82, 2.24) is 9.78 Å². The second-order valence-electron chi connectivity index (χ2n) is 3.68. The van der Waals surface area contributed by atoms with Gasteiger partial charge in [-0.15, -0.1) is 0 Å². The minimum atomic E-state index is -0.197. The quantitative estimate of drug-likeness (QED) is 0.888. The van der Waals surface area contributed by atoms with Crippen molar-refractivity contribution in [2.75, 3.05) is 12.4 Å². The molecule has 0 aliphatic carbocycles. The van der Waals surface area contributed by atoms with Gasteiger partial charge in [0.1, 0.15) is 0 Å². The van der Waals surface area contributed by atoms with Gasteiger partial charge in [-0.05, 0) is 24.6 Å². The average molecular weight is 250 g/mol. The van der Waals surface area contributed by atoms with Gasteiger partial charge in [-0.3, -0.25) is 4.79 Å². The monoisotopic (exact) mass is 249 g/mol. The van der Waals surface area contributed by atoms with Crippen LogP contribution in [-0.4, -0.2) is 16.8 Å². The number of nitrogens with one attached hydrogen (secondary N) is 1. The highest BCUT2D eigenvalue weighted by atomic mass is 35.5. The van der Waals surface area contributed by atoms with Crippen LogP contribution in [0.2, 0.25) is 5.02 Å². The maximum atomic E-state index is 11.8. The van der Waals surface area contributed by atoms with Crippen LogP contribution in [0.4, 0.5) is 5.69 Å². The molecule has 2 rings (SSSR count). The molecule has 0 radical (unpaired) electrons. The molecule has 1 aromatic carbocycles. The van der Waals surface area contributed by atoms with Crippen LogP contribution in [0.3, 0.4) is 0 Å². The number of hydrogen-bond acceptors (Lipinski definition) is 3. The summed E-state index contributed by atoms with van der Waals surface area (Å²) < 4.78 is 1.31. The number of hydrogen-bond donors (Lipinski definition) is 1. The first-order chi connectivity index (χ1) is 8.11. The fourth-order valence-corrected chi connectivity index (χ4v) is 1.63. The van der Waals surface area contributed by atoms with Gasteiger partial charge in [0.2, 0.25) is 0 Å². The Balaban J connectivity index is 2.53. The lowest BCUT2D eigenvalue weighted by Gasteiger charge is -2.07. The third-order valence-corrected chi connectivity index (χ3v) is 2.90. The van der Waals surface area contributed by atoms with Crippen LogP contribution in [0.5, 0.6) is 0 Å². The number of benzene rings is 1. The Morgan fingerprint density at radius 3 is 2.71 bits per heavy atom. The molecule has 2 aromatic rings. The average Bonchev–Trinajstić information content (AvgIpc) is 2.32. The Hall–Kier alpha value is -1.81. The number of anilines is 1. The molecule has 88 valence electrons. The summed E-state index contributed by atoms with van der Waals surface area (Å²) in [7, 11) is 1.74. The van der Waals surface area contributed by atoms with E-state index in [1.807, 2.05) is 19.1 Å². The van der Waals surface area contributed by atoms with Crippen molar-refractivity contribution in [3.05, 3.63) is 51.4 Å². The van der Waals surface area contributed by atoms with E-state index in [1.165, 1.54) is 10.7 Å². The fraction of sp³-hybridized carbons (Fsp3) is 0.167. The Morgan fingerprint density at radius 2 is 2.12 bits per heavy atom. The molecule has 1 aromatic heterocycles. The number of halogens is 1. The molecule has 0 bridgehead atoms. The van der Waals surface area contributed by atoms with E-state index in [4.69, 9.17) is 11.6 Å². The number of aromatic nitrogens is 2. The maximum Gasteiger partial charge on any atom is 0.273 e. The van der Waals surface area contributed by atoms with Gasteiger partial charge in [-0.1, -0.05) is 17.7 Å². The van der Waals surface area contributed by atoms with Gasteiger partial charge in [0.15, 0.2) is 0 Å². The highest BCUT2D eigenvalue weighted by Crippen LogP contribution is 2.18. The van der Waals surface area contributed by atoms with Crippen LogP contribution < -0.4 is 10.9 Å². The lowest BCUT2D eigenvalue weighted by molar-refractivity contribution is 0.808. The van der Waals surface area contributed by atoms with E-state index >= 15 is 0 Å². The molecule has 4 nitrogen and oxygen atoms in total. The van der Waals surface area contributed by atoms with Crippen LogP contribution in [-0.2, 0) is 0 Å². The topological polar surface area (TPSA) is 46.9 Å². The minimum Gasteiger partial charge on any atom is -0.387 e. The predicted molar refractivity (Wildman–Crippen MR) is 69.1 cm³/mol. The van der Waals surface area contributed by atoms with Crippen molar-refractivity contribution in [3.8, 4) is 5.69 Å². The third kappa shape index (κ3) is 2.31. The summed E-state index contributed by atoms with van der Waals surface area (Å²) in [5.41, 5.74) is 2.12. The first kappa shape index (κ1) is 11.7. The van der Waals surface area contributed by atoms with E-state index in [2.05, 4.69) is 10.4 Å². The SMILES string of the molecule is CNc1cnn(-c2ccc(C)c(Cl)c2)c(=O)c1. The summed E-state index contributed by atoms with van der Waals surface area (Å²) in [5, 5.41) is 7.56. The van der Waals surface area contributed by atoms with E-state index in [9.17, 15) is 4.79 Å². The molecular weight excluding hydrogens is 238 g/mol. The molecule has 0 aliphatic rings. The number of rotatable bonds is 2. The lowest BCUT2D eigenvalue weighted by Crippen LogP contribution is -2.20. The summed E-state index contributed by atoms with van der Waals surface area (Å²) in [5.74, 6) is 0. The van der Waals surface area contributed by atoms with Gasteiger partial charge in [-0.2, -0.15) is 9.78 Å². The highest BCUT2D eigenvalue weighted by Gasteiger charge is 2.04. The molecule has 0 saturated heterocycles. The number of nitrogens with zero attached hydrogens (tertiary/aromatic N) is 2. The van der Waals surface area contributed by atoms with Crippen molar-refractivity contribution in [2.45, 2.75) is 6.92 Å². The maximum absolute atomic E-state index is 11.8. The van der Waals surface area contributed by atoms with Crippen molar-refractivity contribution >= 4 is 17.3 Å². The molecule has 0 unspecified atom stereocenters. The molecular formula is C12H12ClN3O. The Kier molecular flexibility index (Phi) is 3.15. The van der Waals surface area contributed by atoms with Crippen LogP contribution >= 0.6 is 11.6 Å². The van der Waals surface area contributed by atoms with Crippen LogP contribution in [0.15, 0.2) is 35.3 Å². The van der Waals surface area contributed by atoms with Crippen molar-refractivity contribution < 1.29 is 0 Å². The first-order valence-electron chi connectivity index (χ1n) is 5.15. The van der Waals surface area contributed by atoms with Gasteiger partial charge >= 0.3 is 0 Å². The van der Waals surface area contributed by atoms with Crippen LogP contribution in [0.1, 0.15) is 5.56 Å². The summed E-state index contributed by atoms with van der Waals surface area (Å²) in [6.07, 6.45) is 1.59. The molecule has 0 saturated carbocycles. The smallest absolute Gasteiger partial charge is 0.273 e. The second kappa shape index (κ2) is 4.59. The molecule has 17 heavy (non-hydrogen) atoms. The van der Waals surface area contributed by atoms with Gasteiger partial charge in [0.25, 0.3) is 5.56 Å². The zero-order valence-corrected chi connectivity index (χ0v) is 10.3. The molecule has 0 amide bonds. The van der Waals surface area contributed by atoms with Crippen molar-refractivity contribution in [3.63, 3.8) is 0 Å². The van der Waals surface area contributed by atoms with E-state index in [0.29, 0.717) is 16.4 Å². The van der Waals surface area contributed by atoms with E-state index in [-0.39, 0.29) is 5.56 Å². The van der Waals surface area contributed by atoms with Crippen molar-refractivity contribution in [1.29, 1.82) is 0 Å². The molecule has 1 heterocycles. The normalized spacial score (nSPS) is 10.3. The Morgan fingerprint density at radius 1 is 1.35 bits per heavy atom. The molecule has 0 spiro atoms. The molecule has 0 atom stereocenters. The lowest BCUT2D eigenvalue weighted by atomic mass is 10.2. The Labute approximate surface area is 104 Å². The summed E-state index contributed by atoms with van der Waals surface area (Å²) in [4.78, 5) is 11.8. The van der Waals surface area contributed by atoms with Gasteiger partial charge in [0.05, 0.1) is 17.6 Å². The van der Waals surface area contributed by atoms with Gasteiger partial charge < -0.3 is 5.32 Å². The zero-order chi connectivity index (χ0) is 12.4. The fourth-order valence-electron chi connectivity index (χ4n) is 1.45. The van der Waals surface area contributed by atoms with Crippen LogP contribution in [0, 0.1) is 6.92 Å². The second-order valence-corrected chi connectivity index (χ2v) is 4.08. The van der Waals surface area contributed by atoms with Gasteiger partial charge in [-0.25, -0.2) is 0 Å². The third-order valence-electron chi connectivity index (χ3n) is 2.49. The first-order valence-corrected chi connectivity index (χ1v) is 5.53. The van der Waals surface area contributed by atoms with Crippen molar-refractivity contribution in [2.24, 2.45) is 0 Å². The van der Waals surface area contributed by atoms with Gasteiger partial charge in [0, 0.05) is 18.1 Å². The highest BCUT2D eigenvalue weighted by molar-refractivity contribution is 6.31. The van der Waals surface area contributed by atoms with E-state index < -0.39 is 0 Å². The van der Waals surface area contributed by atoms with E-state index in [0.717, 1.165) is 5.56 Å². The predicted octanol–water partition coefficient (Wildman–Crippen LogP) is 2.24.